The lowest BCUT2D eigenvalue weighted by molar-refractivity contribution is -0.147. The summed E-state index contributed by atoms with van der Waals surface area (Å²) in [4.78, 5) is 25.9. The second-order valence-electron chi connectivity index (χ2n) is 6.93. The van der Waals surface area contributed by atoms with Crippen LogP contribution in [0.1, 0.15) is 24.0 Å². The second-order valence-corrected chi connectivity index (χ2v) is 7.37. The fraction of sp³-hybridized carbons (Fsp3) is 0.300. The van der Waals surface area contributed by atoms with E-state index in [-0.39, 0.29) is 36.9 Å². The molecule has 0 spiro atoms. The second kappa shape index (κ2) is 7.96. The molecular formula is C20H15ClF5NO3. The predicted octanol–water partition coefficient (Wildman–Crippen LogP) is 4.31. The monoisotopic (exact) mass is 447 g/mol. The van der Waals surface area contributed by atoms with E-state index >= 15 is 0 Å². The van der Waals surface area contributed by atoms with Crippen LogP contribution in [-0.2, 0) is 22.2 Å². The van der Waals surface area contributed by atoms with Crippen LogP contribution in [0, 0.1) is 11.6 Å². The molecule has 1 amide bonds. The van der Waals surface area contributed by atoms with Crippen LogP contribution in [0.15, 0.2) is 36.4 Å². The van der Waals surface area contributed by atoms with Crippen molar-refractivity contribution in [2.75, 3.05) is 11.4 Å². The average molecular weight is 448 g/mol. The van der Waals surface area contributed by atoms with Gasteiger partial charge >= 0.3 is 6.18 Å². The van der Waals surface area contributed by atoms with Crippen molar-refractivity contribution >= 4 is 29.0 Å². The molecule has 0 bridgehead atoms. The van der Waals surface area contributed by atoms with Gasteiger partial charge in [0.15, 0.2) is 5.78 Å². The molecule has 0 radical (unpaired) electrons. The van der Waals surface area contributed by atoms with E-state index in [1.807, 2.05) is 0 Å². The van der Waals surface area contributed by atoms with E-state index in [4.69, 9.17) is 11.6 Å². The van der Waals surface area contributed by atoms with Crippen molar-refractivity contribution in [3.8, 4) is 0 Å². The normalized spacial score (nSPS) is 19.4. The van der Waals surface area contributed by atoms with Crippen molar-refractivity contribution in [2.45, 2.75) is 31.0 Å². The first-order valence-electron chi connectivity index (χ1n) is 8.81. The van der Waals surface area contributed by atoms with Crippen LogP contribution in [0.25, 0.3) is 0 Å². The number of carbonyl (C=O) groups excluding carboxylic acids is 2. The molecule has 4 nitrogen and oxygen atoms in total. The minimum absolute atomic E-state index is 0.000540. The van der Waals surface area contributed by atoms with Gasteiger partial charge in [0.1, 0.15) is 11.6 Å². The Kier molecular flexibility index (Phi) is 5.88. The van der Waals surface area contributed by atoms with Gasteiger partial charge in [-0.15, -0.1) is 0 Å². The summed E-state index contributed by atoms with van der Waals surface area (Å²) in [7, 11) is 0. The standard InChI is InChI=1S/C20H15ClF5NO3/c21-13-7-11(8-14(22)10-13)1-4-17(28)19(30)5-6-27(18(19)29)16-3-2-12(9-15(16)23)20(24,25)26/h2-3,7-10,30H,1,4-6H2/t19-/m0/s1. The molecule has 0 unspecified atom stereocenters. The highest BCUT2D eigenvalue weighted by atomic mass is 35.5. The maximum Gasteiger partial charge on any atom is 0.416 e. The lowest BCUT2D eigenvalue weighted by atomic mass is 9.92. The van der Waals surface area contributed by atoms with Gasteiger partial charge in [-0.05, 0) is 48.4 Å². The van der Waals surface area contributed by atoms with Gasteiger partial charge in [0.25, 0.3) is 5.91 Å². The van der Waals surface area contributed by atoms with Crippen molar-refractivity contribution in [2.24, 2.45) is 0 Å². The van der Waals surface area contributed by atoms with Crippen LogP contribution in [0.4, 0.5) is 27.6 Å². The number of alkyl halides is 3. The van der Waals surface area contributed by atoms with Gasteiger partial charge in [0, 0.05) is 24.4 Å². The number of halogens is 6. The highest BCUT2D eigenvalue weighted by Gasteiger charge is 2.51. The van der Waals surface area contributed by atoms with E-state index in [1.54, 1.807) is 0 Å². The lowest BCUT2D eigenvalue weighted by Gasteiger charge is -2.22. The summed E-state index contributed by atoms with van der Waals surface area (Å²) >= 11 is 5.74. The van der Waals surface area contributed by atoms with Crippen molar-refractivity contribution in [1.82, 2.24) is 0 Å². The van der Waals surface area contributed by atoms with Crippen LogP contribution in [0.3, 0.4) is 0 Å². The molecule has 0 saturated carbocycles. The molecule has 1 N–H and O–H groups in total. The van der Waals surface area contributed by atoms with Crippen molar-refractivity contribution in [1.29, 1.82) is 0 Å². The summed E-state index contributed by atoms with van der Waals surface area (Å²) in [6.07, 6.45) is -5.42. The molecule has 3 rings (SSSR count). The first-order chi connectivity index (χ1) is 13.9. The van der Waals surface area contributed by atoms with Gasteiger partial charge in [-0.25, -0.2) is 8.78 Å². The Hall–Kier alpha value is -2.52. The maximum absolute atomic E-state index is 14.2. The third-order valence-corrected chi connectivity index (χ3v) is 5.10. The minimum atomic E-state index is -4.76. The Labute approximate surface area is 172 Å². The molecule has 2 aromatic carbocycles. The zero-order valence-electron chi connectivity index (χ0n) is 15.3. The maximum atomic E-state index is 14.2. The summed E-state index contributed by atoms with van der Waals surface area (Å²) in [6.45, 7) is -0.255. The lowest BCUT2D eigenvalue weighted by Crippen LogP contribution is -2.47. The number of aliphatic hydroxyl groups is 1. The topological polar surface area (TPSA) is 57.6 Å². The number of aryl methyl sites for hydroxylation is 1. The van der Waals surface area contributed by atoms with E-state index < -0.39 is 46.4 Å². The van der Waals surface area contributed by atoms with Gasteiger partial charge in [0.05, 0.1) is 11.3 Å². The fourth-order valence-corrected chi connectivity index (χ4v) is 3.56. The average Bonchev–Trinajstić information content (AvgIpc) is 2.94. The van der Waals surface area contributed by atoms with Crippen LogP contribution in [0.2, 0.25) is 5.02 Å². The van der Waals surface area contributed by atoms with Gasteiger partial charge in [-0.2, -0.15) is 13.2 Å². The smallest absolute Gasteiger partial charge is 0.373 e. The largest absolute Gasteiger partial charge is 0.416 e. The molecule has 30 heavy (non-hydrogen) atoms. The SMILES string of the molecule is O=C(CCc1cc(F)cc(Cl)c1)[C@@]1(O)CCN(c2ccc(C(F)(F)F)cc2F)C1=O. The summed E-state index contributed by atoms with van der Waals surface area (Å²) in [5, 5.41) is 10.7. The van der Waals surface area contributed by atoms with Crippen LogP contribution < -0.4 is 4.90 Å². The van der Waals surface area contributed by atoms with Gasteiger partial charge in [-0.1, -0.05) is 11.6 Å². The Morgan fingerprint density at radius 1 is 1.17 bits per heavy atom. The van der Waals surface area contributed by atoms with Crippen LogP contribution in [-0.4, -0.2) is 28.9 Å². The number of ketones is 1. The van der Waals surface area contributed by atoms with E-state index in [9.17, 15) is 36.6 Å². The number of rotatable bonds is 5. The summed E-state index contributed by atoms with van der Waals surface area (Å²) in [5.41, 5.74) is -3.75. The van der Waals surface area contributed by atoms with Crippen molar-refractivity contribution < 1.29 is 36.6 Å². The van der Waals surface area contributed by atoms with Crippen molar-refractivity contribution in [3.63, 3.8) is 0 Å². The van der Waals surface area contributed by atoms with E-state index in [0.29, 0.717) is 11.6 Å². The number of carbonyl (C=O) groups is 2. The Balaban J connectivity index is 1.75. The molecule has 1 saturated heterocycles. The molecule has 160 valence electrons. The zero-order valence-corrected chi connectivity index (χ0v) is 16.0. The number of Topliss-reactive ketones (excluding diaryl/α,β-unsaturated/α-hetero) is 1. The molecule has 2 aromatic rings. The molecule has 0 aliphatic carbocycles. The molecule has 1 aliphatic rings. The number of amides is 1. The van der Waals surface area contributed by atoms with E-state index in [2.05, 4.69) is 0 Å². The van der Waals surface area contributed by atoms with Crippen LogP contribution >= 0.6 is 11.6 Å². The number of nitrogens with zero attached hydrogens (tertiary/aromatic N) is 1. The minimum Gasteiger partial charge on any atom is -0.373 e. The Morgan fingerprint density at radius 3 is 2.47 bits per heavy atom. The van der Waals surface area contributed by atoms with Gasteiger partial charge < -0.3 is 10.0 Å². The molecule has 1 heterocycles. The third-order valence-electron chi connectivity index (χ3n) is 4.89. The van der Waals surface area contributed by atoms with E-state index in [1.165, 1.54) is 6.07 Å². The summed E-state index contributed by atoms with van der Waals surface area (Å²) < 4.78 is 65.7. The molecule has 10 heteroatoms. The molecule has 0 aromatic heterocycles. The molecule has 1 aliphatic heterocycles. The predicted molar refractivity (Wildman–Crippen MR) is 98.1 cm³/mol. The van der Waals surface area contributed by atoms with Crippen LogP contribution in [0.5, 0.6) is 0 Å². The quantitative estimate of drug-likeness (QED) is 0.549. The number of anilines is 1. The number of benzene rings is 2. The molecule has 1 atom stereocenters. The molecule has 1 fully saturated rings. The summed E-state index contributed by atoms with van der Waals surface area (Å²) in [5.74, 6) is -3.89. The number of hydrogen-bond acceptors (Lipinski definition) is 3. The van der Waals surface area contributed by atoms with Gasteiger partial charge in [-0.3, -0.25) is 9.59 Å². The third kappa shape index (κ3) is 4.32. The summed E-state index contributed by atoms with van der Waals surface area (Å²) in [6, 6.07) is 5.30. The van der Waals surface area contributed by atoms with Crippen molar-refractivity contribution in [3.05, 3.63) is 64.2 Å². The zero-order chi connectivity index (χ0) is 22.3. The van der Waals surface area contributed by atoms with E-state index in [0.717, 1.165) is 23.1 Å². The first-order valence-corrected chi connectivity index (χ1v) is 9.19. The molecular weight excluding hydrogens is 433 g/mol. The Bertz CT molecular complexity index is 990. The fourth-order valence-electron chi connectivity index (χ4n) is 3.32. The Morgan fingerprint density at radius 2 is 1.87 bits per heavy atom. The highest BCUT2D eigenvalue weighted by molar-refractivity contribution is 6.30. The number of hydrogen-bond donors (Lipinski definition) is 1. The highest BCUT2D eigenvalue weighted by Crippen LogP contribution is 2.35. The van der Waals surface area contributed by atoms with Gasteiger partial charge in [0.2, 0.25) is 5.60 Å². The first kappa shape index (κ1) is 22.2.